The first-order chi connectivity index (χ1) is 6.11. The van der Waals surface area contributed by atoms with Crippen molar-refractivity contribution < 1.29 is 14.3 Å². The maximum absolute atomic E-state index is 11.1. The number of esters is 1. The van der Waals surface area contributed by atoms with Crippen molar-refractivity contribution in [3.8, 4) is 0 Å². The Hall–Kier alpha value is -0.990. The molecule has 3 heteroatoms. The molecule has 0 aromatic rings. The van der Waals surface area contributed by atoms with E-state index in [1.165, 1.54) is 20.5 Å². The van der Waals surface area contributed by atoms with E-state index in [0.717, 1.165) is 6.42 Å². The molecular formula is C10H18O3. The van der Waals surface area contributed by atoms with Crippen molar-refractivity contribution in [1.29, 1.82) is 0 Å². The summed E-state index contributed by atoms with van der Waals surface area (Å²) in [6.07, 6.45) is 3.12. The molecule has 0 bridgehead atoms. The minimum absolute atomic E-state index is 0.303. The smallest absolute Gasteiger partial charge is 0.336 e. The molecule has 0 unspecified atom stereocenters. The Balaban J connectivity index is 4.11. The highest BCUT2D eigenvalue weighted by Gasteiger charge is 2.10. The van der Waals surface area contributed by atoms with Gasteiger partial charge in [-0.25, -0.2) is 4.79 Å². The molecule has 0 aliphatic rings. The van der Waals surface area contributed by atoms with Crippen LogP contribution in [0.15, 0.2) is 11.8 Å². The average Bonchev–Trinajstić information content (AvgIpc) is 2.10. The van der Waals surface area contributed by atoms with E-state index in [-0.39, 0.29) is 5.97 Å². The molecule has 0 N–H and O–H groups in total. The second kappa shape index (κ2) is 6.52. The number of rotatable bonds is 5. The Labute approximate surface area is 79.7 Å². The molecule has 0 heterocycles. The van der Waals surface area contributed by atoms with Crippen LogP contribution < -0.4 is 0 Å². The topological polar surface area (TPSA) is 35.5 Å². The third-order valence-electron chi connectivity index (χ3n) is 1.70. The summed E-state index contributed by atoms with van der Waals surface area (Å²) in [5.41, 5.74) is 0.596. The average molecular weight is 186 g/mol. The van der Waals surface area contributed by atoms with Gasteiger partial charge in [0.15, 0.2) is 0 Å². The van der Waals surface area contributed by atoms with Crippen LogP contribution in [0.25, 0.3) is 0 Å². The van der Waals surface area contributed by atoms with Gasteiger partial charge in [0, 0.05) is 0 Å². The molecule has 0 radical (unpaired) electrons. The van der Waals surface area contributed by atoms with Crippen LogP contribution in [0.3, 0.4) is 0 Å². The van der Waals surface area contributed by atoms with E-state index in [1.807, 2.05) is 0 Å². The van der Waals surface area contributed by atoms with E-state index in [4.69, 9.17) is 4.74 Å². The second-order valence-corrected chi connectivity index (χ2v) is 3.30. The van der Waals surface area contributed by atoms with Crippen LogP contribution in [-0.4, -0.2) is 20.2 Å². The first-order valence-corrected chi connectivity index (χ1v) is 4.42. The Morgan fingerprint density at radius 1 is 1.38 bits per heavy atom. The molecule has 0 spiro atoms. The monoisotopic (exact) mass is 186 g/mol. The molecule has 3 nitrogen and oxygen atoms in total. The summed E-state index contributed by atoms with van der Waals surface area (Å²) in [6, 6.07) is 0. The number of methoxy groups -OCH3 is 2. The number of carbonyl (C=O) groups is 1. The molecule has 76 valence electrons. The van der Waals surface area contributed by atoms with Crippen molar-refractivity contribution in [2.45, 2.75) is 26.7 Å². The lowest BCUT2D eigenvalue weighted by molar-refractivity contribution is -0.136. The zero-order valence-electron chi connectivity index (χ0n) is 8.79. The Morgan fingerprint density at radius 3 is 2.38 bits per heavy atom. The predicted molar refractivity (Wildman–Crippen MR) is 51.2 cm³/mol. The summed E-state index contributed by atoms with van der Waals surface area (Å²) in [5.74, 6) is 0.271. The van der Waals surface area contributed by atoms with Crippen molar-refractivity contribution >= 4 is 5.97 Å². The van der Waals surface area contributed by atoms with Gasteiger partial charge in [-0.1, -0.05) is 13.8 Å². The van der Waals surface area contributed by atoms with Gasteiger partial charge < -0.3 is 9.47 Å². The van der Waals surface area contributed by atoms with Crippen molar-refractivity contribution in [1.82, 2.24) is 0 Å². The fourth-order valence-electron chi connectivity index (χ4n) is 0.927. The maximum atomic E-state index is 11.1. The van der Waals surface area contributed by atoms with Gasteiger partial charge in [-0.15, -0.1) is 0 Å². The summed E-state index contributed by atoms with van der Waals surface area (Å²) in [7, 11) is 2.90. The molecule has 0 aromatic heterocycles. The van der Waals surface area contributed by atoms with Gasteiger partial charge in [0.2, 0.25) is 0 Å². The number of carbonyl (C=O) groups excluding carboxylic acids is 1. The van der Waals surface area contributed by atoms with E-state index >= 15 is 0 Å². The molecule has 0 aromatic carbocycles. The third kappa shape index (κ3) is 5.28. The third-order valence-corrected chi connectivity index (χ3v) is 1.70. The van der Waals surface area contributed by atoms with Crippen molar-refractivity contribution in [2.75, 3.05) is 14.2 Å². The Kier molecular flexibility index (Phi) is 6.02. The Morgan fingerprint density at radius 2 is 2.00 bits per heavy atom. The lowest BCUT2D eigenvalue weighted by Crippen LogP contribution is -2.06. The van der Waals surface area contributed by atoms with Crippen molar-refractivity contribution in [3.05, 3.63) is 11.8 Å². The van der Waals surface area contributed by atoms with Gasteiger partial charge in [-0.05, 0) is 18.8 Å². The van der Waals surface area contributed by atoms with Crippen LogP contribution in [-0.2, 0) is 14.3 Å². The van der Waals surface area contributed by atoms with Crippen molar-refractivity contribution in [2.24, 2.45) is 5.92 Å². The quantitative estimate of drug-likeness (QED) is 0.375. The normalized spacial score (nSPS) is 11.6. The molecule has 0 saturated heterocycles. The zero-order chi connectivity index (χ0) is 10.3. The summed E-state index contributed by atoms with van der Waals surface area (Å²) < 4.78 is 9.41. The summed E-state index contributed by atoms with van der Waals surface area (Å²) in [5, 5.41) is 0. The van der Waals surface area contributed by atoms with Crippen LogP contribution in [0.4, 0.5) is 0 Å². The van der Waals surface area contributed by atoms with Gasteiger partial charge in [-0.3, -0.25) is 0 Å². The standard InChI is InChI=1S/C10H18O3/c1-8(2)5-6-9(7-12-3)10(11)13-4/h7-8H,5-6H2,1-4H3. The Bertz CT molecular complexity index is 183. The van der Waals surface area contributed by atoms with Gasteiger partial charge >= 0.3 is 5.97 Å². The molecule has 0 aliphatic carbocycles. The van der Waals surface area contributed by atoms with E-state index < -0.39 is 0 Å². The lowest BCUT2D eigenvalue weighted by Gasteiger charge is -2.06. The molecule has 13 heavy (non-hydrogen) atoms. The SMILES string of the molecule is COC=C(CCC(C)C)C(=O)OC. The summed E-state index contributed by atoms with van der Waals surface area (Å²) in [4.78, 5) is 11.1. The first kappa shape index (κ1) is 12.0. The minimum Gasteiger partial charge on any atom is -0.504 e. The lowest BCUT2D eigenvalue weighted by atomic mass is 10.0. The molecule has 0 aliphatic heterocycles. The van der Waals surface area contributed by atoms with Crippen LogP contribution in [0.5, 0.6) is 0 Å². The van der Waals surface area contributed by atoms with Gasteiger partial charge in [0.1, 0.15) is 0 Å². The van der Waals surface area contributed by atoms with E-state index in [9.17, 15) is 4.79 Å². The highest BCUT2D eigenvalue weighted by molar-refractivity contribution is 5.87. The predicted octanol–water partition coefficient (Wildman–Crippen LogP) is 2.13. The molecule has 0 saturated carbocycles. The van der Waals surface area contributed by atoms with Gasteiger partial charge in [0.25, 0.3) is 0 Å². The highest BCUT2D eigenvalue weighted by Crippen LogP contribution is 2.12. The molecule has 0 fully saturated rings. The molecule has 0 atom stereocenters. The molecule has 0 amide bonds. The van der Waals surface area contributed by atoms with Crippen molar-refractivity contribution in [3.63, 3.8) is 0 Å². The summed E-state index contributed by atoms with van der Waals surface area (Å²) in [6.45, 7) is 4.23. The van der Waals surface area contributed by atoms with Gasteiger partial charge in [-0.2, -0.15) is 0 Å². The minimum atomic E-state index is -0.303. The van der Waals surface area contributed by atoms with Crippen LogP contribution in [0, 0.1) is 5.92 Å². The van der Waals surface area contributed by atoms with E-state index in [1.54, 1.807) is 0 Å². The van der Waals surface area contributed by atoms with Crippen LogP contribution >= 0.6 is 0 Å². The zero-order valence-corrected chi connectivity index (χ0v) is 8.79. The number of hydrogen-bond acceptors (Lipinski definition) is 3. The second-order valence-electron chi connectivity index (χ2n) is 3.30. The fraction of sp³-hybridized carbons (Fsp3) is 0.700. The maximum Gasteiger partial charge on any atom is 0.336 e. The summed E-state index contributed by atoms with van der Waals surface area (Å²) >= 11 is 0. The van der Waals surface area contributed by atoms with Crippen LogP contribution in [0.1, 0.15) is 26.7 Å². The highest BCUT2D eigenvalue weighted by atomic mass is 16.5. The largest absolute Gasteiger partial charge is 0.504 e. The van der Waals surface area contributed by atoms with E-state index in [2.05, 4.69) is 18.6 Å². The fourth-order valence-corrected chi connectivity index (χ4v) is 0.927. The molecular weight excluding hydrogens is 168 g/mol. The number of ether oxygens (including phenoxy) is 2. The molecule has 0 rings (SSSR count). The van der Waals surface area contributed by atoms with Gasteiger partial charge in [0.05, 0.1) is 26.1 Å². The number of hydrogen-bond donors (Lipinski definition) is 0. The van der Waals surface area contributed by atoms with E-state index in [0.29, 0.717) is 17.9 Å². The van der Waals surface area contributed by atoms with Crippen LogP contribution in [0.2, 0.25) is 0 Å². The first-order valence-electron chi connectivity index (χ1n) is 4.42.